The van der Waals surface area contributed by atoms with Crippen LogP contribution in [-0.2, 0) is 6.54 Å². The Labute approximate surface area is 148 Å². The molecule has 0 unspecified atom stereocenters. The van der Waals surface area contributed by atoms with E-state index in [1.165, 1.54) is 18.2 Å². The van der Waals surface area contributed by atoms with E-state index < -0.39 is 18.7 Å². The second kappa shape index (κ2) is 8.98. The number of nitrogens with two attached hydrogens (primary N) is 1. The van der Waals surface area contributed by atoms with E-state index in [2.05, 4.69) is 10.3 Å². The van der Waals surface area contributed by atoms with Crippen molar-refractivity contribution in [1.29, 1.82) is 0 Å². The van der Waals surface area contributed by atoms with Crippen LogP contribution < -0.4 is 11.1 Å². The molecular formula is C18H18F5N3. The predicted molar refractivity (Wildman–Crippen MR) is 93.9 cm³/mol. The summed E-state index contributed by atoms with van der Waals surface area (Å²) in [6.07, 6.45) is -2.37. The first-order chi connectivity index (χ1) is 12.4. The number of halogens is 5. The fourth-order valence-corrected chi connectivity index (χ4v) is 2.17. The third-order valence-corrected chi connectivity index (χ3v) is 3.50. The van der Waals surface area contributed by atoms with Crippen molar-refractivity contribution in [2.45, 2.75) is 19.5 Å². The molecule has 140 valence electrons. The fourth-order valence-electron chi connectivity index (χ4n) is 2.17. The molecule has 0 spiro atoms. The number of hydrogen-bond acceptors (Lipinski definition) is 3. The second-order valence-corrected chi connectivity index (χ2v) is 5.25. The lowest BCUT2D eigenvalue weighted by Gasteiger charge is -2.11. The molecule has 0 aliphatic heterocycles. The number of allylic oxidation sites excluding steroid dienone is 2. The van der Waals surface area contributed by atoms with Gasteiger partial charge in [-0.05, 0) is 23.8 Å². The van der Waals surface area contributed by atoms with Crippen LogP contribution in [0.2, 0.25) is 0 Å². The Morgan fingerprint density at radius 3 is 2.31 bits per heavy atom. The Bertz CT molecular complexity index is 792. The number of nitrogens with one attached hydrogen (secondary N) is 1. The van der Waals surface area contributed by atoms with Gasteiger partial charge in [0, 0.05) is 31.0 Å². The Hall–Kier alpha value is -2.90. The molecule has 3 nitrogen and oxygen atoms in total. The van der Waals surface area contributed by atoms with Crippen molar-refractivity contribution < 1.29 is 23.4 Å². The average molecular weight is 371 g/mol. The van der Waals surface area contributed by atoms with Gasteiger partial charge < -0.3 is 11.1 Å². The Balaban J connectivity index is 0.00000364. The zero-order chi connectivity index (χ0) is 19.1. The topological polar surface area (TPSA) is 50.4 Å². The number of alkyl halides is 4. The second-order valence-electron chi connectivity index (χ2n) is 5.25. The minimum absolute atomic E-state index is 0. The van der Waals surface area contributed by atoms with E-state index in [-0.39, 0.29) is 24.9 Å². The summed E-state index contributed by atoms with van der Waals surface area (Å²) in [5.74, 6) is -0.352. The van der Waals surface area contributed by atoms with Crippen molar-refractivity contribution in [3.63, 3.8) is 0 Å². The SMILES string of the molecule is N/C(=C(\C=N\C(F)F)c1ccc(NCc2ccccc2F)cc1)C(F)F.[HH]. The number of nitrogens with zero attached hydrogens (tertiary/aromatic N) is 1. The smallest absolute Gasteiger partial charge is 0.331 e. The van der Waals surface area contributed by atoms with Crippen molar-refractivity contribution >= 4 is 17.5 Å². The summed E-state index contributed by atoms with van der Waals surface area (Å²) in [5, 5.41) is 2.98. The van der Waals surface area contributed by atoms with Crippen molar-refractivity contribution in [3.8, 4) is 0 Å². The highest BCUT2D eigenvalue weighted by Gasteiger charge is 2.14. The van der Waals surface area contributed by atoms with Crippen molar-refractivity contribution in [2.75, 3.05) is 5.32 Å². The van der Waals surface area contributed by atoms with Crippen molar-refractivity contribution in [2.24, 2.45) is 10.7 Å². The first-order valence-corrected chi connectivity index (χ1v) is 7.55. The van der Waals surface area contributed by atoms with Crippen LogP contribution in [0, 0.1) is 5.82 Å². The molecule has 26 heavy (non-hydrogen) atoms. The first kappa shape index (κ1) is 19.4. The molecule has 0 radical (unpaired) electrons. The molecule has 0 aliphatic carbocycles. The highest BCUT2D eigenvalue weighted by molar-refractivity contribution is 6.11. The van der Waals surface area contributed by atoms with E-state index in [1.54, 1.807) is 30.3 Å². The van der Waals surface area contributed by atoms with Gasteiger partial charge in [-0.25, -0.2) is 18.2 Å². The van der Waals surface area contributed by atoms with Gasteiger partial charge >= 0.3 is 6.55 Å². The maximum Gasteiger partial charge on any atom is 0.331 e. The van der Waals surface area contributed by atoms with Crippen LogP contribution in [0.25, 0.3) is 5.57 Å². The van der Waals surface area contributed by atoms with Crippen LogP contribution in [0.3, 0.4) is 0 Å². The zero-order valence-corrected chi connectivity index (χ0v) is 13.5. The molecule has 0 amide bonds. The lowest BCUT2D eigenvalue weighted by atomic mass is 10.0. The van der Waals surface area contributed by atoms with E-state index in [0.29, 0.717) is 17.5 Å². The van der Waals surface area contributed by atoms with Gasteiger partial charge in [-0.2, -0.15) is 8.78 Å². The quantitative estimate of drug-likeness (QED) is 0.413. The van der Waals surface area contributed by atoms with Crippen molar-refractivity contribution in [1.82, 2.24) is 0 Å². The largest absolute Gasteiger partial charge is 0.397 e. The zero-order valence-electron chi connectivity index (χ0n) is 13.5. The normalized spacial score (nSPS) is 12.7. The molecule has 0 bridgehead atoms. The predicted octanol–water partition coefficient (Wildman–Crippen LogP) is 4.91. The molecule has 0 saturated carbocycles. The molecule has 0 aliphatic rings. The van der Waals surface area contributed by atoms with Gasteiger partial charge in [0.15, 0.2) is 0 Å². The number of anilines is 1. The minimum Gasteiger partial charge on any atom is -0.397 e. The lowest BCUT2D eigenvalue weighted by molar-refractivity contribution is 0.160. The first-order valence-electron chi connectivity index (χ1n) is 7.55. The van der Waals surface area contributed by atoms with Crippen molar-refractivity contribution in [3.05, 3.63) is 71.2 Å². The molecule has 8 heteroatoms. The van der Waals surface area contributed by atoms with Gasteiger partial charge in [0.25, 0.3) is 6.43 Å². The third-order valence-electron chi connectivity index (χ3n) is 3.50. The average Bonchev–Trinajstić information content (AvgIpc) is 2.61. The summed E-state index contributed by atoms with van der Waals surface area (Å²) < 4.78 is 63.7. The summed E-state index contributed by atoms with van der Waals surface area (Å²) >= 11 is 0. The Morgan fingerprint density at radius 2 is 1.73 bits per heavy atom. The van der Waals surface area contributed by atoms with Crippen LogP contribution in [0.5, 0.6) is 0 Å². The van der Waals surface area contributed by atoms with Crippen LogP contribution in [-0.4, -0.2) is 19.2 Å². The minimum atomic E-state index is -3.03. The molecule has 0 aromatic heterocycles. The summed E-state index contributed by atoms with van der Waals surface area (Å²) in [6, 6.07) is 12.2. The molecule has 0 fully saturated rings. The lowest BCUT2D eigenvalue weighted by Crippen LogP contribution is -2.12. The van der Waals surface area contributed by atoms with Crippen LogP contribution in [0.1, 0.15) is 12.6 Å². The van der Waals surface area contributed by atoms with Crippen LogP contribution in [0.4, 0.5) is 27.6 Å². The summed E-state index contributed by atoms with van der Waals surface area (Å²) in [5.41, 5.74) is 5.45. The maximum atomic E-state index is 13.6. The van der Waals surface area contributed by atoms with Gasteiger partial charge in [-0.1, -0.05) is 30.3 Å². The Morgan fingerprint density at radius 1 is 1.08 bits per heavy atom. The number of rotatable bonds is 7. The molecular weight excluding hydrogens is 353 g/mol. The van der Waals surface area contributed by atoms with E-state index in [4.69, 9.17) is 5.73 Å². The summed E-state index contributed by atoms with van der Waals surface area (Å²) in [6.45, 7) is -2.81. The maximum absolute atomic E-state index is 13.6. The van der Waals surface area contributed by atoms with Crippen LogP contribution in [0.15, 0.2) is 59.2 Å². The monoisotopic (exact) mass is 371 g/mol. The third kappa shape index (κ3) is 5.30. The number of hydrogen-bond donors (Lipinski definition) is 2. The molecule has 0 heterocycles. The van der Waals surface area contributed by atoms with Gasteiger partial charge in [0.2, 0.25) is 0 Å². The molecule has 0 atom stereocenters. The Kier molecular flexibility index (Phi) is 6.71. The van der Waals surface area contributed by atoms with Crippen LogP contribution >= 0.6 is 0 Å². The van der Waals surface area contributed by atoms with E-state index in [9.17, 15) is 22.0 Å². The summed E-state index contributed by atoms with van der Waals surface area (Å²) in [4.78, 5) is 2.83. The molecule has 0 saturated heterocycles. The molecule has 2 aromatic carbocycles. The van der Waals surface area contributed by atoms with Gasteiger partial charge in [-0.3, -0.25) is 0 Å². The van der Waals surface area contributed by atoms with Gasteiger partial charge in [-0.15, -0.1) is 0 Å². The standard InChI is InChI=1S/C18H16F5N3.H2/c19-15-4-2-1-3-12(15)9-25-13-7-5-11(6-8-13)14(10-26-18(22)23)16(24)17(20)21;/h1-8,10,17-18,25H,9,24H2;1H/b16-14+,26-10+;. The van der Waals surface area contributed by atoms with E-state index in [1.807, 2.05) is 0 Å². The summed E-state index contributed by atoms with van der Waals surface area (Å²) in [7, 11) is 0. The van der Waals surface area contributed by atoms with E-state index >= 15 is 0 Å². The van der Waals surface area contributed by atoms with Gasteiger partial charge in [0.05, 0.1) is 5.70 Å². The number of aliphatic imine (C=N–C) groups is 1. The number of benzene rings is 2. The molecule has 3 N–H and O–H groups in total. The molecule has 2 rings (SSSR count). The fraction of sp³-hybridized carbons (Fsp3) is 0.167. The van der Waals surface area contributed by atoms with Gasteiger partial charge in [0.1, 0.15) is 5.82 Å². The molecule has 2 aromatic rings. The highest BCUT2D eigenvalue weighted by Crippen LogP contribution is 2.22. The van der Waals surface area contributed by atoms with E-state index in [0.717, 1.165) is 0 Å². The highest BCUT2D eigenvalue weighted by atomic mass is 19.3.